The first kappa shape index (κ1) is 24.5. The molecule has 1 amide bonds. The van der Waals surface area contributed by atoms with Gasteiger partial charge in [-0.2, -0.15) is 18.2 Å². The summed E-state index contributed by atoms with van der Waals surface area (Å²) in [5, 5.41) is 6.52. The summed E-state index contributed by atoms with van der Waals surface area (Å²) >= 11 is 5.61. The van der Waals surface area contributed by atoms with Crippen LogP contribution in [0.1, 0.15) is 30.8 Å². The minimum atomic E-state index is -4.53. The van der Waals surface area contributed by atoms with Crippen molar-refractivity contribution in [3.63, 3.8) is 0 Å². The lowest BCUT2D eigenvalue weighted by Crippen LogP contribution is -2.50. The molecule has 0 spiro atoms. The lowest BCUT2D eigenvalue weighted by molar-refractivity contribution is -0.141. The van der Waals surface area contributed by atoms with Crippen LogP contribution in [0, 0.1) is 5.82 Å². The standard InChI is InChI=1S/C22H17ClF4N4O4/c1-21(30-19(32)11-34-13-2-4-15(23)16(24)6-13)7-12(8-21)20-29-18(31-35-20)10-33-14-3-5-17(28-9-14)22(25,26)27/h2-7,9H,8,10-11H2,1H3,(H,30,32). The molecule has 1 N–H and O–H groups in total. The molecule has 2 heterocycles. The molecule has 3 aromatic rings. The lowest BCUT2D eigenvalue weighted by atomic mass is 9.80. The number of halogens is 5. The highest BCUT2D eigenvalue weighted by molar-refractivity contribution is 6.30. The summed E-state index contributed by atoms with van der Waals surface area (Å²) in [4.78, 5) is 19.7. The minimum absolute atomic E-state index is 0.0474. The Kier molecular flexibility index (Phi) is 6.66. The van der Waals surface area contributed by atoms with E-state index >= 15 is 0 Å². The van der Waals surface area contributed by atoms with Crippen LogP contribution in [0.15, 0.2) is 47.1 Å². The van der Waals surface area contributed by atoms with Crippen molar-refractivity contribution >= 4 is 23.1 Å². The first-order valence-corrected chi connectivity index (χ1v) is 10.5. The van der Waals surface area contributed by atoms with Crippen LogP contribution >= 0.6 is 11.6 Å². The Hall–Kier alpha value is -3.67. The fraction of sp³-hybridized carbons (Fsp3) is 0.273. The number of hydrogen-bond donors (Lipinski definition) is 1. The Bertz CT molecular complexity index is 1260. The van der Waals surface area contributed by atoms with Crippen LogP contribution in [0.2, 0.25) is 5.02 Å². The Morgan fingerprint density at radius 1 is 1.23 bits per heavy atom. The second-order valence-electron chi connectivity index (χ2n) is 7.86. The zero-order valence-electron chi connectivity index (χ0n) is 18.0. The maximum absolute atomic E-state index is 13.4. The van der Waals surface area contributed by atoms with Gasteiger partial charge in [-0.15, -0.1) is 0 Å². The van der Waals surface area contributed by atoms with Gasteiger partial charge in [-0.3, -0.25) is 4.79 Å². The molecule has 13 heteroatoms. The van der Waals surface area contributed by atoms with Crippen LogP contribution < -0.4 is 14.8 Å². The van der Waals surface area contributed by atoms with Crippen LogP contribution in [-0.2, 0) is 17.6 Å². The molecule has 0 bridgehead atoms. The summed E-state index contributed by atoms with van der Waals surface area (Å²) < 4.78 is 66.9. The first-order valence-electron chi connectivity index (χ1n) is 10.1. The van der Waals surface area contributed by atoms with Crippen molar-refractivity contribution in [3.8, 4) is 11.5 Å². The summed E-state index contributed by atoms with van der Waals surface area (Å²) in [5.74, 6) is -0.363. The van der Waals surface area contributed by atoms with Gasteiger partial charge in [-0.25, -0.2) is 9.37 Å². The number of carbonyl (C=O) groups is 1. The van der Waals surface area contributed by atoms with E-state index in [1.165, 1.54) is 12.1 Å². The molecule has 8 nitrogen and oxygen atoms in total. The average Bonchev–Trinajstić information content (AvgIpc) is 3.25. The maximum atomic E-state index is 13.4. The van der Waals surface area contributed by atoms with Gasteiger partial charge in [0.15, 0.2) is 13.2 Å². The Morgan fingerprint density at radius 3 is 2.63 bits per heavy atom. The molecule has 1 atom stereocenters. The number of aromatic nitrogens is 3. The first-order chi connectivity index (χ1) is 16.5. The van der Waals surface area contributed by atoms with Crippen LogP contribution in [-0.4, -0.2) is 33.2 Å². The van der Waals surface area contributed by atoms with Crippen molar-refractivity contribution in [1.82, 2.24) is 20.4 Å². The van der Waals surface area contributed by atoms with Crippen molar-refractivity contribution in [2.75, 3.05) is 6.61 Å². The topological polar surface area (TPSA) is 99.4 Å². The Labute approximate surface area is 200 Å². The highest BCUT2D eigenvalue weighted by Crippen LogP contribution is 2.36. The number of ether oxygens (including phenoxy) is 2. The molecule has 2 aromatic heterocycles. The molecule has 1 unspecified atom stereocenters. The molecule has 0 saturated heterocycles. The number of carbonyl (C=O) groups excluding carboxylic acids is 1. The third-order valence-corrected chi connectivity index (χ3v) is 5.18. The summed E-state index contributed by atoms with van der Waals surface area (Å²) in [6.45, 7) is 1.33. The average molecular weight is 513 g/mol. The number of nitrogens with one attached hydrogen (secondary N) is 1. The largest absolute Gasteiger partial charge is 0.484 e. The summed E-state index contributed by atoms with van der Waals surface area (Å²) in [7, 11) is 0. The maximum Gasteiger partial charge on any atom is 0.433 e. The van der Waals surface area contributed by atoms with Crippen molar-refractivity contribution in [2.45, 2.75) is 31.7 Å². The number of pyridine rings is 1. The van der Waals surface area contributed by atoms with E-state index in [0.717, 1.165) is 24.4 Å². The number of alkyl halides is 3. The Balaban J connectivity index is 1.27. The fourth-order valence-electron chi connectivity index (χ4n) is 3.26. The Morgan fingerprint density at radius 2 is 1.97 bits per heavy atom. The molecule has 184 valence electrons. The van der Waals surface area contributed by atoms with Crippen LogP contribution in [0.25, 0.3) is 5.57 Å². The second kappa shape index (κ2) is 9.53. The number of benzene rings is 1. The minimum Gasteiger partial charge on any atom is -0.484 e. The monoisotopic (exact) mass is 512 g/mol. The summed E-state index contributed by atoms with van der Waals surface area (Å²) in [6.07, 6.45) is -1.43. The normalized spacial score (nSPS) is 17.4. The number of hydrogen-bond acceptors (Lipinski definition) is 7. The third kappa shape index (κ3) is 6.07. The van der Waals surface area contributed by atoms with Gasteiger partial charge < -0.3 is 19.3 Å². The van der Waals surface area contributed by atoms with Crippen LogP contribution in [0.3, 0.4) is 0 Å². The van der Waals surface area contributed by atoms with Crippen molar-refractivity contribution in [1.29, 1.82) is 0 Å². The van der Waals surface area contributed by atoms with Gasteiger partial charge >= 0.3 is 6.18 Å². The molecular weight excluding hydrogens is 496 g/mol. The van der Waals surface area contributed by atoms with Crippen LogP contribution in [0.5, 0.6) is 11.5 Å². The van der Waals surface area contributed by atoms with Gasteiger partial charge in [0, 0.05) is 18.1 Å². The van der Waals surface area contributed by atoms with Gasteiger partial charge in [0.1, 0.15) is 23.0 Å². The molecule has 0 saturated carbocycles. The molecule has 1 aliphatic rings. The SMILES string of the molecule is CC1(NC(=O)COc2ccc(Cl)c(F)c2)C=C(c2nc(COc3ccc(C(F)(F)F)nc3)no2)C1. The third-order valence-electron chi connectivity index (χ3n) is 4.87. The van der Waals surface area contributed by atoms with Gasteiger partial charge in [-0.05, 0) is 31.2 Å². The highest BCUT2D eigenvalue weighted by atomic mass is 35.5. The molecule has 4 rings (SSSR count). The van der Waals surface area contributed by atoms with Gasteiger partial charge in [0.05, 0.1) is 16.8 Å². The van der Waals surface area contributed by atoms with Crippen molar-refractivity contribution in [3.05, 3.63) is 70.9 Å². The number of nitrogens with zero attached hydrogens (tertiary/aromatic N) is 3. The quantitative estimate of drug-likeness (QED) is 0.440. The zero-order valence-corrected chi connectivity index (χ0v) is 18.8. The highest BCUT2D eigenvalue weighted by Gasteiger charge is 2.36. The van der Waals surface area contributed by atoms with E-state index < -0.39 is 29.1 Å². The zero-order chi connectivity index (χ0) is 25.2. The van der Waals surface area contributed by atoms with E-state index in [-0.39, 0.29) is 41.5 Å². The molecule has 1 aromatic carbocycles. The molecule has 0 fully saturated rings. The smallest absolute Gasteiger partial charge is 0.433 e. The number of amides is 1. The molecule has 35 heavy (non-hydrogen) atoms. The van der Waals surface area contributed by atoms with Crippen molar-refractivity contribution < 1.29 is 36.4 Å². The van der Waals surface area contributed by atoms with E-state index in [2.05, 4.69) is 20.4 Å². The molecular formula is C22H17ClF4N4O4. The van der Waals surface area contributed by atoms with Gasteiger partial charge in [0.25, 0.3) is 11.8 Å². The molecule has 0 radical (unpaired) electrons. The lowest BCUT2D eigenvalue weighted by Gasteiger charge is -2.35. The molecule has 1 aliphatic carbocycles. The van der Waals surface area contributed by atoms with E-state index in [0.29, 0.717) is 12.0 Å². The van der Waals surface area contributed by atoms with Gasteiger partial charge in [-0.1, -0.05) is 22.8 Å². The van der Waals surface area contributed by atoms with E-state index in [1.807, 2.05) is 0 Å². The van der Waals surface area contributed by atoms with Crippen molar-refractivity contribution in [2.24, 2.45) is 0 Å². The predicted octanol–water partition coefficient (Wildman–Crippen LogP) is 4.60. The second-order valence-corrected chi connectivity index (χ2v) is 8.27. The van der Waals surface area contributed by atoms with E-state index in [4.69, 9.17) is 25.6 Å². The summed E-state index contributed by atoms with van der Waals surface area (Å²) in [6, 6.07) is 5.82. The van der Waals surface area contributed by atoms with E-state index in [1.54, 1.807) is 13.0 Å². The predicted molar refractivity (Wildman–Crippen MR) is 114 cm³/mol. The molecule has 0 aliphatic heterocycles. The van der Waals surface area contributed by atoms with Crippen LogP contribution in [0.4, 0.5) is 17.6 Å². The van der Waals surface area contributed by atoms with E-state index in [9.17, 15) is 22.4 Å². The fourth-order valence-corrected chi connectivity index (χ4v) is 3.38. The van der Waals surface area contributed by atoms with Gasteiger partial charge in [0.2, 0.25) is 5.82 Å². The summed E-state index contributed by atoms with van der Waals surface area (Å²) in [5.41, 5.74) is -0.995. The number of rotatable bonds is 8.